The lowest BCUT2D eigenvalue weighted by atomic mass is 10.2. The summed E-state index contributed by atoms with van der Waals surface area (Å²) in [5.74, 6) is -1.00. The topological polar surface area (TPSA) is 117 Å². The van der Waals surface area contributed by atoms with Crippen molar-refractivity contribution in [3.63, 3.8) is 0 Å². The van der Waals surface area contributed by atoms with E-state index in [0.717, 1.165) is 6.39 Å². The van der Waals surface area contributed by atoms with Crippen LogP contribution >= 0.6 is 23.2 Å². The van der Waals surface area contributed by atoms with Crippen molar-refractivity contribution in [2.24, 2.45) is 0 Å². The van der Waals surface area contributed by atoms with Gasteiger partial charge in [0.05, 0.1) is 22.8 Å². The van der Waals surface area contributed by atoms with Crippen molar-refractivity contribution in [2.45, 2.75) is 6.54 Å². The molecular formula is C11H8Cl2N4O4. The third-order valence-corrected chi connectivity index (χ3v) is 2.85. The Morgan fingerprint density at radius 2 is 2.10 bits per heavy atom. The molecule has 2 amide bonds. The van der Waals surface area contributed by atoms with E-state index in [1.165, 1.54) is 12.1 Å². The quantitative estimate of drug-likeness (QED) is 0.792. The number of aromatic nitrogens is 2. The van der Waals surface area contributed by atoms with Crippen molar-refractivity contribution in [3.05, 3.63) is 40.0 Å². The first-order valence-corrected chi connectivity index (χ1v) is 6.25. The SMILES string of the molecule is O=C(NCc1ncon1)Nc1c(Cl)cc(Cl)cc1C(=O)O. The molecule has 3 N–H and O–H groups in total. The summed E-state index contributed by atoms with van der Waals surface area (Å²) in [6.45, 7) is 0.00987. The molecule has 0 atom stereocenters. The number of carboxylic acids is 1. The number of benzene rings is 1. The predicted octanol–water partition coefficient (Wildman–Crippen LogP) is 2.40. The number of carbonyl (C=O) groups excluding carboxylic acids is 1. The number of hydrogen-bond donors (Lipinski definition) is 3. The molecule has 1 aromatic carbocycles. The van der Waals surface area contributed by atoms with Crippen LogP contribution in [0.1, 0.15) is 16.2 Å². The van der Waals surface area contributed by atoms with Crippen LogP contribution in [0.2, 0.25) is 10.0 Å². The first-order valence-electron chi connectivity index (χ1n) is 5.50. The second-order valence-electron chi connectivity index (χ2n) is 3.77. The minimum atomic E-state index is -1.27. The number of rotatable bonds is 4. The van der Waals surface area contributed by atoms with Crippen molar-refractivity contribution < 1.29 is 19.2 Å². The Kier molecular flexibility index (Phi) is 4.61. The molecule has 0 aliphatic rings. The third kappa shape index (κ3) is 3.83. The van der Waals surface area contributed by atoms with E-state index in [2.05, 4.69) is 25.3 Å². The zero-order chi connectivity index (χ0) is 15.4. The number of nitrogens with one attached hydrogen (secondary N) is 2. The highest BCUT2D eigenvalue weighted by atomic mass is 35.5. The average molecular weight is 331 g/mol. The van der Waals surface area contributed by atoms with Gasteiger partial charge in [0.15, 0.2) is 5.82 Å². The van der Waals surface area contributed by atoms with Gasteiger partial charge in [-0.3, -0.25) is 0 Å². The van der Waals surface area contributed by atoms with Crippen molar-refractivity contribution in [3.8, 4) is 0 Å². The standard InChI is InChI=1S/C11H8Cl2N4O4/c12-5-1-6(10(18)19)9(7(13)2-5)16-11(20)14-3-8-15-4-21-17-8/h1-2,4H,3H2,(H,18,19)(H2,14,16,20). The van der Waals surface area contributed by atoms with E-state index in [0.29, 0.717) is 0 Å². The molecular weight excluding hydrogens is 323 g/mol. The molecule has 1 heterocycles. The minimum Gasteiger partial charge on any atom is -0.478 e. The fraction of sp³-hybridized carbons (Fsp3) is 0.0909. The maximum absolute atomic E-state index is 11.7. The molecule has 0 radical (unpaired) electrons. The molecule has 2 rings (SSSR count). The summed E-state index contributed by atoms with van der Waals surface area (Å²) in [5, 5.41) is 17.5. The zero-order valence-corrected chi connectivity index (χ0v) is 11.8. The van der Waals surface area contributed by atoms with E-state index in [1.807, 2.05) is 0 Å². The summed E-state index contributed by atoms with van der Waals surface area (Å²) >= 11 is 11.6. The number of carboxylic acid groups (broad SMARTS) is 1. The summed E-state index contributed by atoms with van der Waals surface area (Å²) in [4.78, 5) is 26.6. The highest BCUT2D eigenvalue weighted by Gasteiger charge is 2.17. The molecule has 21 heavy (non-hydrogen) atoms. The van der Waals surface area contributed by atoms with Crippen LogP contribution in [0.15, 0.2) is 23.0 Å². The van der Waals surface area contributed by atoms with E-state index in [9.17, 15) is 9.59 Å². The summed E-state index contributed by atoms with van der Waals surface area (Å²) in [6.07, 6.45) is 1.12. The van der Waals surface area contributed by atoms with Crippen molar-refractivity contribution >= 4 is 40.9 Å². The monoisotopic (exact) mass is 330 g/mol. The fourth-order valence-electron chi connectivity index (χ4n) is 1.46. The lowest BCUT2D eigenvalue weighted by Crippen LogP contribution is -2.29. The molecule has 110 valence electrons. The fourth-order valence-corrected chi connectivity index (χ4v) is 2.00. The van der Waals surface area contributed by atoms with Gasteiger partial charge in [-0.1, -0.05) is 28.4 Å². The Morgan fingerprint density at radius 1 is 1.33 bits per heavy atom. The van der Waals surface area contributed by atoms with E-state index in [1.54, 1.807) is 0 Å². The van der Waals surface area contributed by atoms with E-state index in [4.69, 9.17) is 28.3 Å². The van der Waals surface area contributed by atoms with Gasteiger partial charge in [0.1, 0.15) is 0 Å². The number of carbonyl (C=O) groups is 2. The van der Waals surface area contributed by atoms with E-state index in [-0.39, 0.29) is 33.7 Å². The summed E-state index contributed by atoms with van der Waals surface area (Å²) in [6, 6.07) is 1.83. The highest BCUT2D eigenvalue weighted by Crippen LogP contribution is 2.30. The molecule has 1 aromatic heterocycles. The van der Waals surface area contributed by atoms with Gasteiger partial charge in [-0.2, -0.15) is 4.98 Å². The van der Waals surface area contributed by atoms with Crippen molar-refractivity contribution in [1.82, 2.24) is 15.5 Å². The van der Waals surface area contributed by atoms with Gasteiger partial charge in [-0.25, -0.2) is 9.59 Å². The molecule has 0 fully saturated rings. The Hall–Kier alpha value is -2.32. The number of aromatic carboxylic acids is 1. The van der Waals surface area contributed by atoms with E-state index >= 15 is 0 Å². The van der Waals surface area contributed by atoms with Gasteiger partial charge < -0.3 is 20.3 Å². The number of hydrogen-bond acceptors (Lipinski definition) is 5. The number of nitrogens with zero attached hydrogens (tertiary/aromatic N) is 2. The van der Waals surface area contributed by atoms with Crippen LogP contribution in [-0.4, -0.2) is 27.2 Å². The third-order valence-electron chi connectivity index (χ3n) is 2.34. The molecule has 0 aliphatic heterocycles. The second-order valence-corrected chi connectivity index (χ2v) is 4.61. The summed E-state index contributed by atoms with van der Waals surface area (Å²) in [7, 11) is 0. The highest BCUT2D eigenvalue weighted by molar-refractivity contribution is 6.37. The molecule has 0 spiro atoms. The molecule has 0 bridgehead atoms. The van der Waals surface area contributed by atoms with Gasteiger partial charge in [0.25, 0.3) is 0 Å². The maximum Gasteiger partial charge on any atom is 0.337 e. The van der Waals surface area contributed by atoms with Crippen molar-refractivity contribution in [2.75, 3.05) is 5.32 Å². The molecule has 0 saturated heterocycles. The van der Waals surface area contributed by atoms with Crippen LogP contribution in [0.3, 0.4) is 0 Å². The molecule has 0 unspecified atom stereocenters. The number of amides is 2. The Morgan fingerprint density at radius 3 is 2.71 bits per heavy atom. The smallest absolute Gasteiger partial charge is 0.337 e. The van der Waals surface area contributed by atoms with Crippen molar-refractivity contribution in [1.29, 1.82) is 0 Å². The Bertz CT molecular complexity index is 675. The molecule has 0 aliphatic carbocycles. The molecule has 10 heteroatoms. The molecule has 0 saturated carbocycles. The van der Waals surface area contributed by atoms with Gasteiger partial charge in [-0.05, 0) is 12.1 Å². The molecule has 2 aromatic rings. The lowest BCUT2D eigenvalue weighted by Gasteiger charge is -2.11. The normalized spacial score (nSPS) is 10.2. The summed E-state index contributed by atoms with van der Waals surface area (Å²) < 4.78 is 4.50. The van der Waals surface area contributed by atoms with Crippen LogP contribution in [0, 0.1) is 0 Å². The van der Waals surface area contributed by atoms with Gasteiger partial charge in [-0.15, -0.1) is 0 Å². The lowest BCUT2D eigenvalue weighted by molar-refractivity contribution is 0.0698. The first kappa shape index (κ1) is 15.1. The van der Waals surface area contributed by atoms with Crippen LogP contribution in [0.4, 0.5) is 10.5 Å². The second kappa shape index (κ2) is 6.42. The number of urea groups is 1. The predicted molar refractivity (Wildman–Crippen MR) is 73.6 cm³/mol. The van der Waals surface area contributed by atoms with Crippen LogP contribution in [0.25, 0.3) is 0 Å². The number of halogens is 2. The average Bonchev–Trinajstić information content (AvgIpc) is 2.92. The minimum absolute atomic E-state index is 0.00890. The Balaban J connectivity index is 2.11. The van der Waals surface area contributed by atoms with E-state index < -0.39 is 12.0 Å². The van der Waals surface area contributed by atoms with Gasteiger partial charge in [0, 0.05) is 5.02 Å². The van der Waals surface area contributed by atoms with Gasteiger partial charge >= 0.3 is 12.0 Å². The van der Waals surface area contributed by atoms with Crippen LogP contribution in [0.5, 0.6) is 0 Å². The Labute approximate surface area is 128 Å². The van der Waals surface area contributed by atoms with Crippen LogP contribution < -0.4 is 10.6 Å². The van der Waals surface area contributed by atoms with Gasteiger partial charge in [0.2, 0.25) is 6.39 Å². The van der Waals surface area contributed by atoms with Crippen LogP contribution in [-0.2, 0) is 6.54 Å². The summed E-state index contributed by atoms with van der Waals surface area (Å²) in [5.41, 5.74) is -0.276. The maximum atomic E-state index is 11.7. The number of anilines is 1. The molecule has 8 nitrogen and oxygen atoms in total. The first-order chi connectivity index (χ1) is 9.97. The largest absolute Gasteiger partial charge is 0.478 e. The zero-order valence-electron chi connectivity index (χ0n) is 10.3.